The van der Waals surface area contributed by atoms with Gasteiger partial charge in [0, 0.05) is 6.54 Å². The van der Waals surface area contributed by atoms with E-state index in [0.29, 0.717) is 5.92 Å². The molecular weight excluding hydrogens is 198 g/mol. The highest BCUT2D eigenvalue weighted by Crippen LogP contribution is 2.25. The molecule has 0 saturated heterocycles. The van der Waals surface area contributed by atoms with Crippen molar-refractivity contribution in [3.05, 3.63) is 35.4 Å². The Morgan fingerprint density at radius 3 is 3.06 bits per heavy atom. The number of nitrogens with one attached hydrogen (secondary N) is 1. The van der Waals surface area contributed by atoms with Crippen LogP contribution in [-0.4, -0.2) is 20.7 Å². The Hall–Kier alpha value is -1.28. The Labute approximate surface area is 97.3 Å². The molecule has 0 fully saturated rings. The summed E-state index contributed by atoms with van der Waals surface area (Å²) in [6, 6.07) is 6.35. The zero-order valence-electron chi connectivity index (χ0n) is 9.99. The molecule has 2 nitrogen and oxygen atoms in total. The summed E-state index contributed by atoms with van der Waals surface area (Å²) < 4.78 is 5.25. The monoisotopic (exact) mass is 217 g/mol. The molecule has 1 atom stereocenters. The molecule has 16 heavy (non-hydrogen) atoms. The molecule has 1 unspecified atom stereocenters. The zero-order valence-corrected chi connectivity index (χ0v) is 9.99. The second kappa shape index (κ2) is 5.17. The first kappa shape index (κ1) is 11.2. The van der Waals surface area contributed by atoms with E-state index in [1.165, 1.54) is 17.5 Å². The average molecular weight is 217 g/mol. The van der Waals surface area contributed by atoms with Gasteiger partial charge in [-0.3, -0.25) is 0 Å². The fourth-order valence-corrected chi connectivity index (χ4v) is 2.19. The van der Waals surface area contributed by atoms with Crippen LogP contribution in [0.4, 0.5) is 0 Å². The van der Waals surface area contributed by atoms with Crippen molar-refractivity contribution in [1.29, 1.82) is 0 Å². The maximum absolute atomic E-state index is 5.25. The Kier molecular flexibility index (Phi) is 3.62. The van der Waals surface area contributed by atoms with Crippen LogP contribution in [-0.2, 0) is 6.42 Å². The summed E-state index contributed by atoms with van der Waals surface area (Å²) in [6.07, 6.45) is 6.91. The molecule has 1 N–H and O–H groups in total. The van der Waals surface area contributed by atoms with Crippen molar-refractivity contribution in [1.82, 2.24) is 5.32 Å². The quantitative estimate of drug-likeness (QED) is 0.840. The van der Waals surface area contributed by atoms with Crippen LogP contribution in [0.25, 0.3) is 6.08 Å². The van der Waals surface area contributed by atoms with Gasteiger partial charge in [0.1, 0.15) is 5.75 Å². The summed E-state index contributed by atoms with van der Waals surface area (Å²) in [4.78, 5) is 0. The third kappa shape index (κ3) is 2.45. The maximum atomic E-state index is 5.25. The molecule has 0 heterocycles. The lowest BCUT2D eigenvalue weighted by atomic mass is 10.0. The third-order valence-corrected chi connectivity index (χ3v) is 3.15. The minimum atomic E-state index is 0.642. The van der Waals surface area contributed by atoms with Gasteiger partial charge in [-0.1, -0.05) is 18.2 Å². The molecule has 0 aromatic heterocycles. The molecular formula is C14H19NO. The van der Waals surface area contributed by atoms with E-state index in [2.05, 4.69) is 29.6 Å². The number of rotatable bonds is 3. The van der Waals surface area contributed by atoms with E-state index in [4.69, 9.17) is 4.74 Å². The summed E-state index contributed by atoms with van der Waals surface area (Å²) in [7, 11) is 3.72. The highest BCUT2D eigenvalue weighted by Gasteiger charge is 2.11. The van der Waals surface area contributed by atoms with Gasteiger partial charge in [0.25, 0.3) is 0 Å². The second-order valence-electron chi connectivity index (χ2n) is 4.28. The summed E-state index contributed by atoms with van der Waals surface area (Å²) in [5, 5.41) is 3.24. The van der Waals surface area contributed by atoms with E-state index in [9.17, 15) is 0 Å². The molecule has 86 valence electrons. The van der Waals surface area contributed by atoms with Gasteiger partial charge < -0.3 is 10.1 Å². The van der Waals surface area contributed by atoms with Crippen LogP contribution in [0.15, 0.2) is 24.3 Å². The smallest absolute Gasteiger partial charge is 0.119 e. The molecule has 0 radical (unpaired) electrons. The van der Waals surface area contributed by atoms with Gasteiger partial charge in [-0.25, -0.2) is 0 Å². The topological polar surface area (TPSA) is 21.3 Å². The predicted molar refractivity (Wildman–Crippen MR) is 67.8 cm³/mol. The molecule has 1 aromatic carbocycles. The third-order valence-electron chi connectivity index (χ3n) is 3.15. The van der Waals surface area contributed by atoms with Crippen LogP contribution >= 0.6 is 0 Å². The molecule has 0 amide bonds. The Morgan fingerprint density at radius 1 is 1.44 bits per heavy atom. The average Bonchev–Trinajstić information content (AvgIpc) is 2.52. The number of aryl methyl sites for hydroxylation is 1. The summed E-state index contributed by atoms with van der Waals surface area (Å²) in [6.45, 7) is 1.06. The fraction of sp³-hybridized carbons (Fsp3) is 0.429. The second-order valence-corrected chi connectivity index (χ2v) is 4.28. The first-order chi connectivity index (χ1) is 7.83. The van der Waals surface area contributed by atoms with Crippen LogP contribution in [0, 0.1) is 5.92 Å². The van der Waals surface area contributed by atoms with Gasteiger partial charge in [0.15, 0.2) is 0 Å². The van der Waals surface area contributed by atoms with Crippen LogP contribution in [0.2, 0.25) is 0 Å². The lowest BCUT2D eigenvalue weighted by Gasteiger charge is -2.09. The van der Waals surface area contributed by atoms with Gasteiger partial charge in [0.2, 0.25) is 0 Å². The van der Waals surface area contributed by atoms with Gasteiger partial charge in [-0.05, 0) is 49.1 Å². The van der Waals surface area contributed by atoms with Crippen molar-refractivity contribution in [2.75, 3.05) is 20.7 Å². The van der Waals surface area contributed by atoms with E-state index in [-0.39, 0.29) is 0 Å². The number of ether oxygens (including phenoxy) is 1. The standard InChI is InChI=1S/C14H19NO/c1-15-10-11-3-5-12-7-8-14(16-2)9-13(12)6-4-11/h4,6-9,11,15H,3,5,10H2,1-2H3. The van der Waals surface area contributed by atoms with Crippen LogP contribution in [0.3, 0.4) is 0 Å². The number of hydrogen-bond donors (Lipinski definition) is 1. The lowest BCUT2D eigenvalue weighted by molar-refractivity contribution is 0.414. The van der Waals surface area contributed by atoms with E-state index >= 15 is 0 Å². The van der Waals surface area contributed by atoms with Crippen LogP contribution < -0.4 is 10.1 Å². The summed E-state index contributed by atoms with van der Waals surface area (Å²) >= 11 is 0. The highest BCUT2D eigenvalue weighted by atomic mass is 16.5. The largest absolute Gasteiger partial charge is 0.497 e. The SMILES string of the molecule is CNCC1C=Cc2cc(OC)ccc2CC1. The summed E-state index contributed by atoms with van der Waals surface area (Å²) in [5.74, 6) is 1.58. The first-order valence-corrected chi connectivity index (χ1v) is 5.83. The van der Waals surface area contributed by atoms with E-state index in [0.717, 1.165) is 18.7 Å². The number of benzene rings is 1. The minimum absolute atomic E-state index is 0.642. The number of hydrogen-bond acceptors (Lipinski definition) is 2. The molecule has 0 saturated carbocycles. The van der Waals surface area contributed by atoms with Gasteiger partial charge >= 0.3 is 0 Å². The number of fused-ring (bicyclic) bond motifs is 1. The van der Waals surface area contributed by atoms with E-state index in [1.54, 1.807) is 7.11 Å². The zero-order chi connectivity index (χ0) is 11.4. The van der Waals surface area contributed by atoms with Crippen molar-refractivity contribution in [2.24, 2.45) is 5.92 Å². The highest BCUT2D eigenvalue weighted by molar-refractivity contribution is 5.57. The fourth-order valence-electron chi connectivity index (χ4n) is 2.19. The van der Waals surface area contributed by atoms with E-state index in [1.807, 2.05) is 13.1 Å². The Balaban J connectivity index is 2.21. The number of methoxy groups -OCH3 is 1. The minimum Gasteiger partial charge on any atom is -0.497 e. The molecule has 2 heteroatoms. The molecule has 0 aliphatic heterocycles. The molecule has 1 aromatic rings. The first-order valence-electron chi connectivity index (χ1n) is 5.83. The van der Waals surface area contributed by atoms with Crippen LogP contribution in [0.5, 0.6) is 5.75 Å². The molecule has 0 spiro atoms. The Morgan fingerprint density at radius 2 is 2.31 bits per heavy atom. The summed E-state index contributed by atoms with van der Waals surface area (Å²) in [5.41, 5.74) is 2.73. The van der Waals surface area contributed by atoms with Crippen molar-refractivity contribution in [3.8, 4) is 5.75 Å². The molecule has 1 aliphatic carbocycles. The van der Waals surface area contributed by atoms with Crippen molar-refractivity contribution in [2.45, 2.75) is 12.8 Å². The molecule has 0 bridgehead atoms. The normalized spacial score (nSPS) is 19.0. The lowest BCUT2D eigenvalue weighted by Crippen LogP contribution is -2.17. The molecule has 1 aliphatic rings. The molecule has 2 rings (SSSR count). The van der Waals surface area contributed by atoms with Crippen molar-refractivity contribution < 1.29 is 4.74 Å². The van der Waals surface area contributed by atoms with Crippen LogP contribution in [0.1, 0.15) is 17.5 Å². The predicted octanol–water partition coefficient (Wildman–Crippen LogP) is 2.49. The van der Waals surface area contributed by atoms with Gasteiger partial charge in [-0.2, -0.15) is 0 Å². The van der Waals surface area contributed by atoms with E-state index < -0.39 is 0 Å². The van der Waals surface area contributed by atoms with Crippen molar-refractivity contribution in [3.63, 3.8) is 0 Å². The van der Waals surface area contributed by atoms with Crippen molar-refractivity contribution >= 4 is 6.08 Å². The van der Waals surface area contributed by atoms with Gasteiger partial charge in [0.05, 0.1) is 7.11 Å². The van der Waals surface area contributed by atoms with Gasteiger partial charge in [-0.15, -0.1) is 0 Å². The Bertz CT molecular complexity index is 384. The maximum Gasteiger partial charge on any atom is 0.119 e.